The van der Waals surface area contributed by atoms with Crippen molar-refractivity contribution in [3.05, 3.63) is 226 Å². The van der Waals surface area contributed by atoms with E-state index in [9.17, 15) is 15.4 Å². The highest BCUT2D eigenvalue weighted by Crippen LogP contribution is 2.39. The quantitative estimate of drug-likeness (QED) is 0.0129. The van der Waals surface area contributed by atoms with Crippen molar-refractivity contribution in [3.8, 4) is 0 Å². The number of azide groups is 1. The number of ether oxygens (including phenoxy) is 9. The van der Waals surface area contributed by atoms with Crippen LogP contribution in [0.2, 0.25) is 0 Å². The summed E-state index contributed by atoms with van der Waals surface area (Å²) in [5.41, 5.74) is 15.9. The predicted octanol–water partition coefficient (Wildman–Crippen LogP) is 14.7. The summed E-state index contributed by atoms with van der Waals surface area (Å²) in [6, 6.07) is 57.2. The van der Waals surface area contributed by atoms with Crippen LogP contribution in [0, 0.1) is 0 Å². The van der Waals surface area contributed by atoms with Crippen LogP contribution in [0.25, 0.3) is 10.4 Å². The normalized spacial score (nSPS) is 23.1. The molecule has 1 N–H and O–H groups in total. The Bertz CT molecular complexity index is 2750. The van der Waals surface area contributed by atoms with Crippen LogP contribution in [0.5, 0.6) is 0 Å². The van der Waals surface area contributed by atoms with Crippen LogP contribution in [0.4, 0.5) is 0 Å². The molecule has 0 bridgehead atoms. The van der Waals surface area contributed by atoms with Gasteiger partial charge in [-0.15, -0.1) is 0 Å². The number of benzene rings is 6. The molecule has 1 saturated heterocycles. The molecule has 1 heterocycles. The Morgan fingerprint density at radius 2 is 0.810 bits per heavy atom. The molecule has 6 aromatic carbocycles. The topological polar surface area (TPSA) is 169 Å². The first-order valence-electron chi connectivity index (χ1n) is 30.6. The van der Waals surface area contributed by atoms with Crippen LogP contribution in [0.1, 0.15) is 130 Å². The van der Waals surface area contributed by atoms with Crippen molar-refractivity contribution in [2.75, 3.05) is 6.61 Å². The van der Waals surface area contributed by atoms with E-state index in [0.717, 1.165) is 52.6 Å². The second kappa shape index (κ2) is 36.6. The lowest BCUT2D eigenvalue weighted by atomic mass is 9.83. The van der Waals surface area contributed by atoms with Crippen LogP contribution in [-0.4, -0.2) is 85.0 Å². The first kappa shape index (κ1) is 63.8. The Hall–Kier alpha value is -6.26. The summed E-state index contributed by atoms with van der Waals surface area (Å²) in [6.45, 7) is 3.12. The Balaban J connectivity index is 1.13. The second-order valence-electron chi connectivity index (χ2n) is 22.1. The van der Waals surface area contributed by atoms with E-state index in [1.165, 1.54) is 57.8 Å². The standard InChI is InChI=1S/C70H87N3O11/c1-2-3-4-5-6-7-8-9-10-11-12-13-32-45-60(74)83-66-62(75)65(79-49-56-39-26-17-27-40-56)67(80-50-57-41-28-18-29-42-57)68(81-51-58-43-30-19-31-44-58)69(66)84-70-61(72-73-71)64(78-48-55-37-24-16-25-38-55)63(77-47-54-35-22-15-23-36-54)59(82-70)52-76-46-53-33-20-14-21-34-53/h14-31,33-44,59,61-70,75H,2-13,32,45-52H2,1H3/t59?,61?,62-,63-,64-,65?,66?,67?,68+,69-,70-/m1/s1. The maximum Gasteiger partial charge on any atom is 0.306 e. The number of rotatable bonds is 37. The molecule has 1 saturated carbocycles. The fraction of sp³-hybridized carbons (Fsp3) is 0.471. The van der Waals surface area contributed by atoms with Gasteiger partial charge in [0.15, 0.2) is 12.4 Å². The lowest BCUT2D eigenvalue weighted by Gasteiger charge is -2.51. The van der Waals surface area contributed by atoms with Crippen molar-refractivity contribution in [2.45, 2.75) is 204 Å². The van der Waals surface area contributed by atoms with Gasteiger partial charge in [-0.25, -0.2) is 0 Å². The van der Waals surface area contributed by atoms with E-state index in [1.54, 1.807) is 0 Å². The number of aliphatic hydroxyl groups excluding tert-OH is 1. The van der Waals surface area contributed by atoms with Gasteiger partial charge in [-0.1, -0.05) is 271 Å². The van der Waals surface area contributed by atoms with Gasteiger partial charge in [-0.2, -0.15) is 0 Å². The van der Waals surface area contributed by atoms with Crippen molar-refractivity contribution >= 4 is 5.97 Å². The van der Waals surface area contributed by atoms with Crippen molar-refractivity contribution in [1.29, 1.82) is 0 Å². The molecule has 1 aliphatic heterocycles. The van der Waals surface area contributed by atoms with Crippen LogP contribution in [0.3, 0.4) is 0 Å². The zero-order chi connectivity index (χ0) is 58.2. The fourth-order valence-corrected chi connectivity index (χ4v) is 11.1. The molecule has 6 aromatic rings. The number of unbranched alkanes of at least 4 members (excludes halogenated alkanes) is 12. The second-order valence-corrected chi connectivity index (χ2v) is 22.1. The van der Waals surface area contributed by atoms with Gasteiger partial charge in [0.05, 0.1) is 46.2 Å². The largest absolute Gasteiger partial charge is 0.457 e. The molecule has 0 aromatic heterocycles. The molecule has 14 heteroatoms. The van der Waals surface area contributed by atoms with E-state index in [-0.39, 0.29) is 52.7 Å². The molecule has 2 aliphatic rings. The maximum atomic E-state index is 14.5. The summed E-state index contributed by atoms with van der Waals surface area (Å²) >= 11 is 0. The average molecular weight is 1150 g/mol. The van der Waals surface area contributed by atoms with Crippen molar-refractivity contribution < 1.29 is 52.5 Å². The average Bonchev–Trinajstić information content (AvgIpc) is 3.70. The van der Waals surface area contributed by atoms with Crippen LogP contribution >= 0.6 is 0 Å². The monoisotopic (exact) mass is 1150 g/mol. The summed E-state index contributed by atoms with van der Waals surface area (Å²) in [5.74, 6) is -0.509. The van der Waals surface area contributed by atoms with Crippen LogP contribution in [0.15, 0.2) is 187 Å². The van der Waals surface area contributed by atoms with Crippen LogP contribution in [-0.2, 0) is 87.1 Å². The van der Waals surface area contributed by atoms with Gasteiger partial charge in [0.2, 0.25) is 0 Å². The summed E-state index contributed by atoms with van der Waals surface area (Å²) in [7, 11) is 0. The first-order valence-corrected chi connectivity index (χ1v) is 30.6. The molecular formula is C70H87N3O11. The third kappa shape index (κ3) is 20.8. The minimum absolute atomic E-state index is 0.0133. The Kier molecular flexibility index (Phi) is 27.7. The number of hydrogen-bond acceptors (Lipinski definition) is 12. The van der Waals surface area contributed by atoms with Gasteiger partial charge in [0.25, 0.3) is 0 Å². The molecule has 0 spiro atoms. The summed E-state index contributed by atoms with van der Waals surface area (Å²) < 4.78 is 61.9. The summed E-state index contributed by atoms with van der Waals surface area (Å²) in [4.78, 5) is 17.8. The van der Waals surface area contributed by atoms with Crippen molar-refractivity contribution in [1.82, 2.24) is 0 Å². The van der Waals surface area contributed by atoms with E-state index >= 15 is 0 Å². The fourth-order valence-electron chi connectivity index (χ4n) is 11.1. The molecule has 5 unspecified atom stereocenters. The van der Waals surface area contributed by atoms with Gasteiger partial charge in [0.1, 0.15) is 54.9 Å². The highest BCUT2D eigenvalue weighted by molar-refractivity contribution is 5.69. The number of carbonyl (C=O) groups excluding carboxylic acids is 1. The number of aliphatic hydroxyl groups is 1. The van der Waals surface area contributed by atoms with Gasteiger partial charge >= 0.3 is 5.97 Å². The maximum absolute atomic E-state index is 14.5. The Morgan fingerprint density at radius 3 is 1.23 bits per heavy atom. The van der Waals surface area contributed by atoms with Gasteiger partial charge < -0.3 is 47.7 Å². The predicted molar refractivity (Wildman–Crippen MR) is 324 cm³/mol. The number of esters is 1. The molecular weight excluding hydrogens is 1060 g/mol. The highest BCUT2D eigenvalue weighted by atomic mass is 16.7. The lowest BCUT2D eigenvalue weighted by molar-refractivity contribution is -0.336. The smallest absolute Gasteiger partial charge is 0.306 e. The molecule has 1 aliphatic carbocycles. The molecule has 0 radical (unpaired) electrons. The third-order valence-corrected chi connectivity index (χ3v) is 15.6. The van der Waals surface area contributed by atoms with E-state index < -0.39 is 73.2 Å². The van der Waals surface area contributed by atoms with E-state index in [1.807, 2.05) is 182 Å². The van der Waals surface area contributed by atoms with Gasteiger partial charge in [-0.3, -0.25) is 4.79 Å². The lowest BCUT2D eigenvalue weighted by Crippen LogP contribution is -2.69. The minimum Gasteiger partial charge on any atom is -0.457 e. The van der Waals surface area contributed by atoms with E-state index in [0.29, 0.717) is 6.42 Å². The summed E-state index contributed by atoms with van der Waals surface area (Å²) in [5, 5.41) is 17.4. The Morgan fingerprint density at radius 1 is 0.452 bits per heavy atom. The molecule has 14 nitrogen and oxygen atoms in total. The first-order chi connectivity index (χ1) is 41.5. The summed E-state index contributed by atoms with van der Waals surface area (Å²) in [6.07, 6.45) is 3.54. The molecule has 448 valence electrons. The molecule has 84 heavy (non-hydrogen) atoms. The molecule has 8 rings (SSSR count). The molecule has 2 fully saturated rings. The van der Waals surface area contributed by atoms with Gasteiger partial charge in [0, 0.05) is 11.3 Å². The molecule has 0 amide bonds. The zero-order valence-corrected chi connectivity index (χ0v) is 48.9. The number of hydrogen-bond donors (Lipinski definition) is 1. The highest BCUT2D eigenvalue weighted by Gasteiger charge is 2.58. The minimum atomic E-state index is -1.52. The van der Waals surface area contributed by atoms with Crippen LogP contribution < -0.4 is 0 Å². The number of nitrogens with zero attached hydrogens (tertiary/aromatic N) is 3. The number of carbonyl (C=O) groups is 1. The molecule has 11 atom stereocenters. The SMILES string of the molecule is CCCCCCCCCCCCCCCC(=O)OC1[C@H](O)C(OCc2ccccc2)C(OCc2ccccc2)[C@H](OCc2ccccc2)[C@@H]1O[C@H]1OC(COCc2ccccc2)[C@@H](OCc2ccccc2)[C@H](OCc2ccccc2)C1N=[N+]=[N-]. The Labute approximate surface area is 497 Å². The zero-order valence-electron chi connectivity index (χ0n) is 48.9. The van der Waals surface area contributed by atoms with E-state index in [4.69, 9.17) is 42.6 Å². The van der Waals surface area contributed by atoms with Gasteiger partial charge in [-0.05, 0) is 45.3 Å². The van der Waals surface area contributed by atoms with Crippen molar-refractivity contribution in [3.63, 3.8) is 0 Å². The van der Waals surface area contributed by atoms with E-state index in [2.05, 4.69) is 16.9 Å². The van der Waals surface area contributed by atoms with Crippen molar-refractivity contribution in [2.24, 2.45) is 5.11 Å². The third-order valence-electron chi connectivity index (χ3n) is 15.6.